The van der Waals surface area contributed by atoms with Gasteiger partial charge in [-0.05, 0) is 46.7 Å². The van der Waals surface area contributed by atoms with E-state index in [4.69, 9.17) is 25.2 Å². The van der Waals surface area contributed by atoms with Crippen LogP contribution in [0.25, 0.3) is 10.4 Å². The summed E-state index contributed by atoms with van der Waals surface area (Å²) in [5, 5.41) is 20.5. The van der Waals surface area contributed by atoms with Crippen molar-refractivity contribution >= 4 is 5.91 Å². The number of nitrogens with zero attached hydrogens (tertiary/aromatic N) is 3. The lowest BCUT2D eigenvalue weighted by molar-refractivity contribution is 0.0937. The third-order valence-corrected chi connectivity index (χ3v) is 2.98. The Morgan fingerprint density at radius 3 is 1.96 bits per heavy atom. The van der Waals surface area contributed by atoms with Gasteiger partial charge in [0.2, 0.25) is 5.91 Å². The zero-order chi connectivity index (χ0) is 16.9. The van der Waals surface area contributed by atoms with Crippen LogP contribution >= 0.6 is 0 Å². The third kappa shape index (κ3) is 7.73. The van der Waals surface area contributed by atoms with Gasteiger partial charge < -0.3 is 19.7 Å². The molecule has 0 saturated heterocycles. The molecule has 1 aromatic rings. The van der Waals surface area contributed by atoms with Gasteiger partial charge in [-0.3, -0.25) is 4.79 Å². The van der Waals surface area contributed by atoms with Crippen LogP contribution in [0.4, 0.5) is 0 Å². The lowest BCUT2D eigenvalue weighted by Crippen LogP contribution is -2.07. The van der Waals surface area contributed by atoms with Gasteiger partial charge in [0.1, 0.15) is 0 Å². The van der Waals surface area contributed by atoms with E-state index < -0.39 is 5.91 Å². The summed E-state index contributed by atoms with van der Waals surface area (Å²) in [6, 6.07) is 5.26. The van der Waals surface area contributed by atoms with E-state index >= 15 is 0 Å². The maximum Gasteiger partial charge on any atom is 0.249 e. The highest BCUT2D eigenvalue weighted by molar-refractivity contribution is 5.95. The first-order chi connectivity index (χ1) is 11.2. The topological polar surface area (TPSA) is 125 Å². The van der Waals surface area contributed by atoms with E-state index in [1.807, 2.05) is 6.07 Å². The maximum atomic E-state index is 11.8. The molecule has 0 radical (unpaired) electrons. The smallest absolute Gasteiger partial charge is 0.249 e. The van der Waals surface area contributed by atoms with Crippen molar-refractivity contribution in [2.45, 2.75) is 12.8 Å². The second-order valence-electron chi connectivity index (χ2n) is 4.70. The normalized spacial score (nSPS) is 10.3. The molecule has 0 fully saturated rings. The Kier molecular flexibility index (Phi) is 9.62. The van der Waals surface area contributed by atoms with E-state index in [9.17, 15) is 4.79 Å². The fourth-order valence-corrected chi connectivity index (χ4v) is 1.99. The fourth-order valence-electron chi connectivity index (χ4n) is 1.99. The zero-order valence-corrected chi connectivity index (χ0v) is 12.8. The molecule has 0 aliphatic rings. The van der Waals surface area contributed by atoms with E-state index in [1.165, 1.54) is 0 Å². The summed E-state index contributed by atoms with van der Waals surface area (Å²) in [5.74, 6) is -0.636. The van der Waals surface area contributed by atoms with Crippen molar-refractivity contribution in [3.8, 4) is 0 Å². The Labute approximate surface area is 134 Å². The highest BCUT2D eigenvalue weighted by Crippen LogP contribution is 2.14. The molecular weight excluding hydrogens is 302 g/mol. The molecule has 126 valence electrons. The van der Waals surface area contributed by atoms with Crippen LogP contribution in [0.2, 0.25) is 0 Å². The highest BCUT2D eigenvalue weighted by atomic mass is 16.5. The van der Waals surface area contributed by atoms with Gasteiger partial charge in [-0.25, -0.2) is 0 Å². The summed E-state index contributed by atoms with van der Waals surface area (Å²) >= 11 is 0. The van der Waals surface area contributed by atoms with Crippen LogP contribution in [0.3, 0.4) is 0 Å². The number of ether oxygens (including phenoxy) is 2. The van der Waals surface area contributed by atoms with Crippen LogP contribution in [-0.2, 0) is 22.3 Å². The van der Waals surface area contributed by atoms with Crippen LogP contribution in [0.5, 0.6) is 0 Å². The predicted molar refractivity (Wildman–Crippen MR) is 83.1 cm³/mol. The lowest BCUT2D eigenvalue weighted by Gasteiger charge is -2.09. The summed E-state index contributed by atoms with van der Waals surface area (Å²) in [6.45, 7) is 1.28. The number of hydrogen-bond donors (Lipinski definition) is 2. The standard InChI is InChI=1S/C15H21N3O5/c16-18-17-15(21)14-10-12(1-5-22-7-3-19)9-13(11-14)2-6-23-8-4-20/h9-11,19-20H,1-8H2. The molecule has 0 aliphatic heterocycles. The van der Waals surface area contributed by atoms with Gasteiger partial charge in [-0.2, -0.15) is 0 Å². The largest absolute Gasteiger partial charge is 0.394 e. The molecular formula is C15H21N3O5. The number of aliphatic hydroxyl groups excluding tert-OH is 2. The number of amides is 1. The van der Waals surface area contributed by atoms with Crippen molar-refractivity contribution in [3.05, 3.63) is 45.3 Å². The molecule has 0 spiro atoms. The van der Waals surface area contributed by atoms with E-state index in [0.717, 1.165) is 11.1 Å². The van der Waals surface area contributed by atoms with Crippen LogP contribution in [-0.4, -0.2) is 55.8 Å². The summed E-state index contributed by atoms with van der Waals surface area (Å²) in [4.78, 5) is 14.3. The average Bonchev–Trinajstić information content (AvgIpc) is 2.56. The number of rotatable bonds is 11. The van der Waals surface area contributed by atoms with Crippen molar-refractivity contribution in [1.29, 1.82) is 0 Å². The van der Waals surface area contributed by atoms with Crippen LogP contribution in [0.15, 0.2) is 23.3 Å². The molecule has 0 atom stereocenters. The van der Waals surface area contributed by atoms with Gasteiger partial charge in [0, 0.05) is 10.5 Å². The Morgan fingerprint density at radius 2 is 1.52 bits per heavy atom. The molecule has 8 nitrogen and oxygen atoms in total. The van der Waals surface area contributed by atoms with Crippen molar-refractivity contribution in [1.82, 2.24) is 0 Å². The highest BCUT2D eigenvalue weighted by Gasteiger charge is 2.08. The van der Waals surface area contributed by atoms with Crippen molar-refractivity contribution in [3.63, 3.8) is 0 Å². The molecule has 0 aromatic heterocycles. The number of carbonyl (C=O) groups is 1. The molecule has 23 heavy (non-hydrogen) atoms. The molecule has 1 aromatic carbocycles. The Hall–Kier alpha value is -1.96. The van der Waals surface area contributed by atoms with E-state index in [1.54, 1.807) is 12.1 Å². The number of carbonyl (C=O) groups excluding carboxylic acids is 1. The quantitative estimate of drug-likeness (QED) is 0.274. The minimum atomic E-state index is -0.636. The molecule has 0 bridgehead atoms. The molecule has 0 saturated carbocycles. The molecule has 1 amide bonds. The molecule has 0 unspecified atom stereocenters. The van der Waals surface area contributed by atoms with Crippen LogP contribution in [0.1, 0.15) is 21.5 Å². The van der Waals surface area contributed by atoms with Crippen molar-refractivity contribution in [2.24, 2.45) is 5.11 Å². The number of azide groups is 1. The van der Waals surface area contributed by atoms with Gasteiger partial charge in [-0.1, -0.05) is 6.07 Å². The van der Waals surface area contributed by atoms with E-state index in [-0.39, 0.29) is 26.4 Å². The van der Waals surface area contributed by atoms with Crippen LogP contribution in [0, 0.1) is 0 Å². The summed E-state index contributed by atoms with van der Waals surface area (Å²) < 4.78 is 10.4. The van der Waals surface area contributed by atoms with Crippen molar-refractivity contribution < 1.29 is 24.5 Å². The number of aliphatic hydroxyl groups is 2. The average molecular weight is 323 g/mol. The molecule has 1 rings (SSSR count). The molecule has 0 aliphatic carbocycles. The van der Waals surface area contributed by atoms with Gasteiger partial charge >= 0.3 is 0 Å². The third-order valence-electron chi connectivity index (χ3n) is 2.98. The monoisotopic (exact) mass is 323 g/mol. The fraction of sp³-hybridized carbons (Fsp3) is 0.533. The van der Waals surface area contributed by atoms with Gasteiger partial charge in [0.05, 0.1) is 39.6 Å². The van der Waals surface area contributed by atoms with E-state index in [0.29, 0.717) is 31.6 Å². The van der Waals surface area contributed by atoms with Gasteiger partial charge in [0.15, 0.2) is 0 Å². The van der Waals surface area contributed by atoms with E-state index in [2.05, 4.69) is 10.0 Å². The molecule has 2 N–H and O–H groups in total. The molecule has 0 heterocycles. The minimum absolute atomic E-state index is 0.0388. The Bertz CT molecular complexity index is 514. The predicted octanol–water partition coefficient (Wildman–Crippen LogP) is 1.24. The van der Waals surface area contributed by atoms with Gasteiger partial charge in [0.25, 0.3) is 0 Å². The minimum Gasteiger partial charge on any atom is -0.394 e. The first-order valence-corrected chi connectivity index (χ1v) is 7.30. The second kappa shape index (κ2) is 11.6. The first kappa shape index (κ1) is 19.1. The lowest BCUT2D eigenvalue weighted by atomic mass is 10.0. The summed E-state index contributed by atoms with van der Waals surface area (Å²) in [7, 11) is 0. The number of benzene rings is 1. The summed E-state index contributed by atoms with van der Waals surface area (Å²) in [5.41, 5.74) is 10.5. The Morgan fingerprint density at radius 1 is 1.00 bits per heavy atom. The maximum absolute atomic E-state index is 11.8. The zero-order valence-electron chi connectivity index (χ0n) is 12.8. The van der Waals surface area contributed by atoms with Crippen molar-refractivity contribution in [2.75, 3.05) is 39.6 Å². The van der Waals surface area contributed by atoms with Gasteiger partial charge in [-0.15, -0.1) is 0 Å². The molecule has 8 heteroatoms. The first-order valence-electron chi connectivity index (χ1n) is 7.30. The SMILES string of the molecule is [N-]=[N+]=NC(=O)c1cc(CCOCCO)cc(CCOCCO)c1. The summed E-state index contributed by atoms with van der Waals surface area (Å²) in [6.07, 6.45) is 1.14. The van der Waals surface area contributed by atoms with Crippen LogP contribution < -0.4 is 0 Å². The Balaban J connectivity index is 2.79. The second-order valence-corrected chi connectivity index (χ2v) is 4.70. The number of hydrogen-bond acceptors (Lipinski definition) is 5.